The number of halogens is 1. The summed E-state index contributed by atoms with van der Waals surface area (Å²) in [5.74, 6) is 1.67. The molecule has 0 atom stereocenters. The van der Waals surface area contributed by atoms with E-state index in [2.05, 4.69) is 29.3 Å². The van der Waals surface area contributed by atoms with Crippen LogP contribution in [-0.4, -0.2) is 6.21 Å². The highest BCUT2D eigenvalue weighted by Gasteiger charge is 2.27. The molecular weight excluding hydrogens is 361 g/mol. The minimum Gasteiger partial charge on any atom is -0.457 e. The Kier molecular flexibility index (Phi) is 4.41. The largest absolute Gasteiger partial charge is 0.457 e. The van der Waals surface area contributed by atoms with Crippen molar-refractivity contribution < 1.29 is 9.13 Å². The first-order valence-electron chi connectivity index (χ1n) is 9.53. The molecular formula is C26H18FNO. The van der Waals surface area contributed by atoms with E-state index in [0.717, 1.165) is 33.9 Å². The molecule has 0 radical (unpaired) electrons. The Labute approximate surface area is 169 Å². The van der Waals surface area contributed by atoms with Gasteiger partial charge in [-0.2, -0.15) is 0 Å². The molecule has 0 spiro atoms. The third kappa shape index (κ3) is 3.43. The number of benzene rings is 4. The van der Waals surface area contributed by atoms with Gasteiger partial charge in [0.1, 0.15) is 17.3 Å². The maximum absolute atomic E-state index is 13.0. The van der Waals surface area contributed by atoms with Gasteiger partial charge in [-0.15, -0.1) is 0 Å². The van der Waals surface area contributed by atoms with Gasteiger partial charge in [-0.1, -0.05) is 60.7 Å². The topological polar surface area (TPSA) is 21.6 Å². The molecule has 0 N–H and O–H groups in total. The van der Waals surface area contributed by atoms with E-state index in [-0.39, 0.29) is 11.7 Å². The molecule has 0 saturated heterocycles. The summed E-state index contributed by atoms with van der Waals surface area (Å²) >= 11 is 0. The fraction of sp³-hybridized carbons (Fsp3) is 0.0385. The van der Waals surface area contributed by atoms with Crippen molar-refractivity contribution in [3.8, 4) is 11.5 Å². The van der Waals surface area contributed by atoms with Crippen LogP contribution in [0.2, 0.25) is 0 Å². The van der Waals surface area contributed by atoms with Gasteiger partial charge in [-0.3, -0.25) is 4.99 Å². The second-order valence-electron chi connectivity index (χ2n) is 7.01. The van der Waals surface area contributed by atoms with E-state index in [0.29, 0.717) is 0 Å². The molecule has 0 aliphatic carbocycles. The third-order valence-electron chi connectivity index (χ3n) is 5.14. The molecule has 5 rings (SSSR count). The highest BCUT2D eigenvalue weighted by atomic mass is 19.1. The van der Waals surface area contributed by atoms with E-state index in [4.69, 9.17) is 4.74 Å². The zero-order valence-electron chi connectivity index (χ0n) is 15.6. The average Bonchev–Trinajstić information content (AvgIpc) is 2.77. The first-order valence-corrected chi connectivity index (χ1v) is 9.53. The summed E-state index contributed by atoms with van der Waals surface area (Å²) < 4.78 is 19.1. The summed E-state index contributed by atoms with van der Waals surface area (Å²) in [5.41, 5.74) is 5.23. The number of hydrogen-bond acceptors (Lipinski definition) is 2. The number of nitrogens with zero attached hydrogens (tertiary/aromatic N) is 1. The lowest BCUT2D eigenvalue weighted by atomic mass is 9.83. The number of hydrogen-bond donors (Lipinski definition) is 0. The van der Waals surface area contributed by atoms with Gasteiger partial charge in [0.05, 0.1) is 5.69 Å². The summed E-state index contributed by atoms with van der Waals surface area (Å²) in [4.78, 5) is 4.51. The van der Waals surface area contributed by atoms with Crippen molar-refractivity contribution in [2.45, 2.75) is 5.92 Å². The van der Waals surface area contributed by atoms with Crippen molar-refractivity contribution in [1.29, 1.82) is 0 Å². The van der Waals surface area contributed by atoms with E-state index in [1.807, 2.05) is 48.5 Å². The fourth-order valence-corrected chi connectivity index (χ4v) is 3.72. The number of aliphatic imine (C=N–C) groups is 1. The predicted molar refractivity (Wildman–Crippen MR) is 114 cm³/mol. The fourth-order valence-electron chi connectivity index (χ4n) is 3.72. The Balaban J connectivity index is 1.48. The van der Waals surface area contributed by atoms with E-state index < -0.39 is 0 Å². The van der Waals surface area contributed by atoms with Crippen LogP contribution in [0.1, 0.15) is 28.2 Å². The molecule has 4 aromatic carbocycles. The highest BCUT2D eigenvalue weighted by molar-refractivity contribution is 5.81. The first-order chi connectivity index (χ1) is 14.3. The standard InChI is InChI=1S/C26H18FNO/c27-20-13-9-18(10-14-20)17-28-21-15-11-19(12-16-21)26-22-5-1-3-7-24(22)29-25-8-4-2-6-23(25)26/h1-17,26H. The van der Waals surface area contributed by atoms with Crippen molar-refractivity contribution >= 4 is 11.9 Å². The summed E-state index contributed by atoms with van der Waals surface area (Å²) in [5, 5.41) is 0. The van der Waals surface area contributed by atoms with Crippen LogP contribution in [0.25, 0.3) is 0 Å². The monoisotopic (exact) mass is 379 g/mol. The maximum Gasteiger partial charge on any atom is 0.131 e. The van der Waals surface area contributed by atoms with Crippen molar-refractivity contribution in [2.75, 3.05) is 0 Å². The Morgan fingerprint density at radius 1 is 0.690 bits per heavy atom. The Morgan fingerprint density at radius 3 is 1.90 bits per heavy atom. The number of ether oxygens (including phenoxy) is 1. The van der Waals surface area contributed by atoms with Gasteiger partial charge >= 0.3 is 0 Å². The quantitative estimate of drug-likeness (QED) is 0.314. The Morgan fingerprint density at radius 2 is 1.28 bits per heavy atom. The summed E-state index contributed by atoms with van der Waals surface area (Å²) in [6, 6.07) is 30.9. The molecule has 1 aliphatic heterocycles. The van der Waals surface area contributed by atoms with Crippen LogP contribution in [0.15, 0.2) is 102 Å². The van der Waals surface area contributed by atoms with Gasteiger partial charge in [0.25, 0.3) is 0 Å². The van der Waals surface area contributed by atoms with Crippen molar-refractivity contribution in [1.82, 2.24) is 0 Å². The second-order valence-corrected chi connectivity index (χ2v) is 7.01. The smallest absolute Gasteiger partial charge is 0.131 e. The zero-order chi connectivity index (χ0) is 19.6. The maximum atomic E-state index is 13.0. The lowest BCUT2D eigenvalue weighted by Crippen LogP contribution is -2.11. The lowest BCUT2D eigenvalue weighted by molar-refractivity contribution is 0.453. The minimum atomic E-state index is -0.247. The van der Waals surface area contributed by atoms with Crippen LogP contribution in [0.5, 0.6) is 11.5 Å². The first kappa shape index (κ1) is 17.4. The molecule has 1 aliphatic rings. The highest BCUT2D eigenvalue weighted by Crippen LogP contribution is 2.47. The number of para-hydroxylation sites is 2. The van der Waals surface area contributed by atoms with Gasteiger partial charge < -0.3 is 4.74 Å². The van der Waals surface area contributed by atoms with E-state index in [1.165, 1.54) is 17.7 Å². The van der Waals surface area contributed by atoms with Crippen molar-refractivity contribution in [2.24, 2.45) is 4.99 Å². The third-order valence-corrected chi connectivity index (χ3v) is 5.14. The Bertz CT molecular complexity index is 1130. The molecule has 4 aromatic rings. The van der Waals surface area contributed by atoms with Crippen molar-refractivity contribution in [3.63, 3.8) is 0 Å². The van der Waals surface area contributed by atoms with E-state index in [1.54, 1.807) is 18.3 Å². The van der Waals surface area contributed by atoms with E-state index >= 15 is 0 Å². The van der Waals surface area contributed by atoms with Crippen LogP contribution >= 0.6 is 0 Å². The molecule has 0 aromatic heterocycles. The van der Waals surface area contributed by atoms with Gasteiger partial charge in [-0.05, 0) is 47.5 Å². The van der Waals surface area contributed by atoms with Crippen LogP contribution in [0.3, 0.4) is 0 Å². The Hall–Kier alpha value is -3.72. The van der Waals surface area contributed by atoms with E-state index in [9.17, 15) is 4.39 Å². The van der Waals surface area contributed by atoms with Crippen LogP contribution in [0.4, 0.5) is 10.1 Å². The van der Waals surface area contributed by atoms with Crippen molar-refractivity contribution in [3.05, 3.63) is 125 Å². The molecule has 0 unspecified atom stereocenters. The summed E-state index contributed by atoms with van der Waals surface area (Å²) in [6.07, 6.45) is 1.74. The minimum absolute atomic E-state index is 0.117. The zero-order valence-corrected chi connectivity index (χ0v) is 15.6. The molecule has 3 heteroatoms. The average molecular weight is 379 g/mol. The molecule has 140 valence electrons. The van der Waals surface area contributed by atoms with Gasteiger partial charge in [0.15, 0.2) is 0 Å². The lowest BCUT2D eigenvalue weighted by Gasteiger charge is -2.28. The van der Waals surface area contributed by atoms with Gasteiger partial charge in [0, 0.05) is 23.3 Å². The van der Waals surface area contributed by atoms with Crippen LogP contribution in [0, 0.1) is 5.82 Å². The molecule has 0 fully saturated rings. The second kappa shape index (κ2) is 7.36. The molecule has 0 saturated carbocycles. The van der Waals surface area contributed by atoms with Gasteiger partial charge in [-0.25, -0.2) is 4.39 Å². The van der Waals surface area contributed by atoms with Crippen LogP contribution < -0.4 is 4.74 Å². The summed E-state index contributed by atoms with van der Waals surface area (Å²) in [6.45, 7) is 0. The van der Waals surface area contributed by atoms with Crippen LogP contribution in [-0.2, 0) is 0 Å². The summed E-state index contributed by atoms with van der Waals surface area (Å²) in [7, 11) is 0. The molecule has 0 bridgehead atoms. The molecule has 29 heavy (non-hydrogen) atoms. The molecule has 0 amide bonds. The number of rotatable bonds is 3. The molecule has 2 nitrogen and oxygen atoms in total. The number of fused-ring (bicyclic) bond motifs is 2. The SMILES string of the molecule is Fc1ccc(C=Nc2ccc(C3c4ccccc4Oc4ccccc43)cc2)cc1. The normalized spacial score (nSPS) is 13.0. The van der Waals surface area contributed by atoms with Gasteiger partial charge in [0.2, 0.25) is 0 Å². The molecule has 1 heterocycles. The predicted octanol–water partition coefficient (Wildman–Crippen LogP) is 6.86.